The SMILES string of the molecule is Cc1cc(-n2ncc(C#N)c2NC(=O)c2ccc3c(c2)OCO3)nc2ccccc12. The van der Waals surface area contributed by atoms with Gasteiger partial charge >= 0.3 is 0 Å². The van der Waals surface area contributed by atoms with Crippen LogP contribution in [0.1, 0.15) is 21.5 Å². The Hall–Kier alpha value is -4.38. The zero-order valence-corrected chi connectivity index (χ0v) is 15.9. The highest BCUT2D eigenvalue weighted by atomic mass is 16.7. The van der Waals surface area contributed by atoms with Gasteiger partial charge in [0.05, 0.1) is 11.7 Å². The summed E-state index contributed by atoms with van der Waals surface area (Å²) in [6.45, 7) is 2.10. The van der Waals surface area contributed by atoms with E-state index in [4.69, 9.17) is 9.47 Å². The number of nitrogens with zero attached hydrogens (tertiary/aromatic N) is 4. The third kappa shape index (κ3) is 2.89. The highest BCUT2D eigenvalue weighted by Gasteiger charge is 2.20. The minimum atomic E-state index is -0.399. The number of hydrogen-bond donors (Lipinski definition) is 1. The molecule has 1 amide bonds. The Morgan fingerprint density at radius 2 is 2.00 bits per heavy atom. The summed E-state index contributed by atoms with van der Waals surface area (Å²) in [5.74, 6) is 1.45. The van der Waals surface area contributed by atoms with E-state index < -0.39 is 5.91 Å². The molecule has 0 bridgehead atoms. The summed E-state index contributed by atoms with van der Waals surface area (Å²) in [5, 5.41) is 17.6. The largest absolute Gasteiger partial charge is 0.454 e. The first-order valence-electron chi connectivity index (χ1n) is 9.20. The lowest BCUT2D eigenvalue weighted by atomic mass is 10.1. The van der Waals surface area contributed by atoms with E-state index in [1.54, 1.807) is 18.2 Å². The fourth-order valence-corrected chi connectivity index (χ4v) is 3.38. The number of carbonyl (C=O) groups excluding carboxylic acids is 1. The highest BCUT2D eigenvalue weighted by Crippen LogP contribution is 2.33. The first-order chi connectivity index (χ1) is 14.6. The number of benzene rings is 2. The molecule has 0 radical (unpaired) electrons. The Bertz CT molecular complexity index is 1350. The van der Waals surface area contributed by atoms with E-state index in [0.29, 0.717) is 22.9 Å². The molecule has 2 aromatic heterocycles. The van der Waals surface area contributed by atoms with Gasteiger partial charge in [-0.1, -0.05) is 18.2 Å². The lowest BCUT2D eigenvalue weighted by molar-refractivity contribution is 0.102. The number of nitriles is 1. The van der Waals surface area contributed by atoms with E-state index in [1.807, 2.05) is 37.3 Å². The van der Waals surface area contributed by atoms with Crippen LogP contribution in [0, 0.1) is 18.3 Å². The average molecular weight is 397 g/mol. The molecule has 8 heteroatoms. The molecule has 0 unspecified atom stereocenters. The van der Waals surface area contributed by atoms with Gasteiger partial charge in [0.2, 0.25) is 6.79 Å². The van der Waals surface area contributed by atoms with Crippen LogP contribution >= 0.6 is 0 Å². The van der Waals surface area contributed by atoms with Crippen LogP contribution in [0.4, 0.5) is 5.82 Å². The lowest BCUT2D eigenvalue weighted by Crippen LogP contribution is -2.16. The fraction of sp³-hybridized carbons (Fsp3) is 0.0909. The van der Waals surface area contributed by atoms with Crippen LogP contribution in [-0.4, -0.2) is 27.5 Å². The summed E-state index contributed by atoms with van der Waals surface area (Å²) in [6, 6.07) is 16.6. The van der Waals surface area contributed by atoms with Crippen molar-refractivity contribution in [3.05, 3.63) is 71.4 Å². The van der Waals surface area contributed by atoms with Crippen LogP contribution in [0.25, 0.3) is 16.7 Å². The van der Waals surface area contributed by atoms with Gasteiger partial charge in [-0.25, -0.2) is 4.98 Å². The van der Waals surface area contributed by atoms with Crippen LogP contribution in [0.3, 0.4) is 0 Å². The Morgan fingerprint density at radius 1 is 1.17 bits per heavy atom. The maximum absolute atomic E-state index is 12.9. The van der Waals surface area contributed by atoms with E-state index in [9.17, 15) is 10.1 Å². The van der Waals surface area contributed by atoms with Gasteiger partial charge in [-0.3, -0.25) is 4.79 Å². The Balaban J connectivity index is 1.54. The number of aromatic nitrogens is 3. The second-order valence-electron chi connectivity index (χ2n) is 6.77. The third-order valence-electron chi connectivity index (χ3n) is 4.88. The van der Waals surface area contributed by atoms with E-state index in [0.717, 1.165) is 16.5 Å². The molecular weight excluding hydrogens is 382 g/mol. The monoisotopic (exact) mass is 397 g/mol. The molecule has 0 atom stereocenters. The first kappa shape index (κ1) is 17.7. The van der Waals surface area contributed by atoms with Crippen LogP contribution in [0.2, 0.25) is 0 Å². The molecule has 0 saturated heterocycles. The number of pyridine rings is 1. The second-order valence-corrected chi connectivity index (χ2v) is 6.77. The van der Waals surface area contributed by atoms with Gasteiger partial charge < -0.3 is 14.8 Å². The molecular formula is C22H15N5O3. The highest BCUT2D eigenvalue weighted by molar-refractivity contribution is 6.05. The number of fused-ring (bicyclic) bond motifs is 2. The molecule has 0 fully saturated rings. The summed E-state index contributed by atoms with van der Waals surface area (Å²) in [4.78, 5) is 17.5. The maximum Gasteiger partial charge on any atom is 0.256 e. The van der Waals surface area contributed by atoms with Gasteiger partial charge in [-0.15, -0.1) is 0 Å². The van der Waals surface area contributed by atoms with Crippen molar-refractivity contribution in [1.29, 1.82) is 5.26 Å². The number of ether oxygens (including phenoxy) is 2. The Kier molecular flexibility index (Phi) is 4.07. The number of anilines is 1. The molecule has 1 aliphatic rings. The minimum Gasteiger partial charge on any atom is -0.454 e. The smallest absolute Gasteiger partial charge is 0.256 e. The number of nitrogens with one attached hydrogen (secondary N) is 1. The summed E-state index contributed by atoms with van der Waals surface area (Å²) in [5.41, 5.74) is 2.42. The molecule has 3 heterocycles. The normalized spacial score (nSPS) is 12.0. The first-order valence-corrected chi connectivity index (χ1v) is 9.20. The van der Waals surface area contributed by atoms with Crippen molar-refractivity contribution in [3.8, 4) is 23.4 Å². The van der Waals surface area contributed by atoms with Gasteiger partial charge in [0.25, 0.3) is 5.91 Å². The number of amides is 1. The standard InChI is InChI=1S/C22H15N5O3/c1-13-8-20(25-17-5-3-2-4-16(13)17)27-21(15(10-23)11-24-27)26-22(28)14-6-7-18-19(9-14)30-12-29-18/h2-9,11H,12H2,1H3,(H,26,28). The Morgan fingerprint density at radius 3 is 2.87 bits per heavy atom. The van der Waals surface area contributed by atoms with Crippen molar-refractivity contribution in [1.82, 2.24) is 14.8 Å². The molecule has 30 heavy (non-hydrogen) atoms. The molecule has 0 spiro atoms. The van der Waals surface area contributed by atoms with Gasteiger partial charge in [0.15, 0.2) is 23.1 Å². The number of para-hydroxylation sites is 1. The average Bonchev–Trinajstić information content (AvgIpc) is 3.39. The molecule has 2 aromatic carbocycles. The van der Waals surface area contributed by atoms with Crippen LogP contribution in [-0.2, 0) is 0 Å². The number of carbonyl (C=O) groups is 1. The van der Waals surface area contributed by atoms with Crippen molar-refractivity contribution in [2.24, 2.45) is 0 Å². The molecule has 5 rings (SSSR count). The predicted octanol–water partition coefficient (Wildman–Crippen LogP) is 3.58. The van der Waals surface area contributed by atoms with Gasteiger partial charge in [-0.2, -0.15) is 15.0 Å². The minimum absolute atomic E-state index is 0.124. The van der Waals surface area contributed by atoms with Gasteiger partial charge in [0.1, 0.15) is 11.6 Å². The fourth-order valence-electron chi connectivity index (χ4n) is 3.38. The van der Waals surface area contributed by atoms with Crippen LogP contribution in [0.15, 0.2) is 54.7 Å². The Labute approximate surface area is 171 Å². The lowest BCUT2D eigenvalue weighted by Gasteiger charge is -2.11. The van der Waals surface area contributed by atoms with E-state index in [2.05, 4.69) is 21.5 Å². The number of rotatable bonds is 3. The number of hydrogen-bond acceptors (Lipinski definition) is 6. The van der Waals surface area contributed by atoms with Crippen molar-refractivity contribution in [3.63, 3.8) is 0 Å². The van der Waals surface area contributed by atoms with E-state index >= 15 is 0 Å². The summed E-state index contributed by atoms with van der Waals surface area (Å²) >= 11 is 0. The van der Waals surface area contributed by atoms with Crippen molar-refractivity contribution in [2.45, 2.75) is 6.92 Å². The van der Waals surface area contributed by atoms with E-state index in [1.165, 1.54) is 10.9 Å². The maximum atomic E-state index is 12.9. The van der Waals surface area contributed by atoms with Crippen LogP contribution < -0.4 is 14.8 Å². The van der Waals surface area contributed by atoms with Gasteiger partial charge in [0, 0.05) is 10.9 Å². The zero-order chi connectivity index (χ0) is 20.7. The molecule has 1 N–H and O–H groups in total. The zero-order valence-electron chi connectivity index (χ0n) is 15.9. The van der Waals surface area contributed by atoms with Gasteiger partial charge in [-0.05, 0) is 42.8 Å². The third-order valence-corrected chi connectivity index (χ3v) is 4.88. The summed E-state index contributed by atoms with van der Waals surface area (Å²) in [7, 11) is 0. The summed E-state index contributed by atoms with van der Waals surface area (Å²) in [6.07, 6.45) is 1.40. The van der Waals surface area contributed by atoms with Crippen molar-refractivity contribution < 1.29 is 14.3 Å². The summed E-state index contributed by atoms with van der Waals surface area (Å²) < 4.78 is 12.1. The quantitative estimate of drug-likeness (QED) is 0.567. The molecule has 4 aromatic rings. The molecule has 8 nitrogen and oxygen atoms in total. The molecule has 146 valence electrons. The van der Waals surface area contributed by atoms with Crippen molar-refractivity contribution in [2.75, 3.05) is 12.1 Å². The topological polar surface area (TPSA) is 102 Å². The predicted molar refractivity (Wildman–Crippen MR) is 109 cm³/mol. The second kappa shape index (κ2) is 6.90. The van der Waals surface area contributed by atoms with E-state index in [-0.39, 0.29) is 18.2 Å². The molecule has 0 saturated carbocycles. The molecule has 1 aliphatic heterocycles. The molecule has 0 aliphatic carbocycles. The van der Waals surface area contributed by atoms with Crippen LogP contribution in [0.5, 0.6) is 11.5 Å². The number of aryl methyl sites for hydroxylation is 1. The van der Waals surface area contributed by atoms with Crippen molar-refractivity contribution >= 4 is 22.6 Å².